The number of rotatable bonds is 5. The highest BCUT2D eigenvalue weighted by atomic mass is 79.9. The second-order valence-electron chi connectivity index (χ2n) is 4.94. The first-order valence-electron chi connectivity index (χ1n) is 6.52. The number of halogens is 1. The van der Waals surface area contributed by atoms with Crippen molar-refractivity contribution in [1.82, 2.24) is 9.88 Å². The van der Waals surface area contributed by atoms with Gasteiger partial charge in [-0.3, -0.25) is 0 Å². The molecule has 2 rings (SSSR count). The first-order chi connectivity index (χ1) is 8.66. The third-order valence-corrected chi connectivity index (χ3v) is 4.02. The molecule has 0 radical (unpaired) electrons. The molecule has 1 aliphatic rings. The maximum Gasteiger partial charge on any atom is 0.149 e. The minimum atomic E-state index is 0.688. The van der Waals surface area contributed by atoms with Crippen LogP contribution in [-0.4, -0.2) is 36.1 Å². The highest BCUT2D eigenvalue weighted by Crippen LogP contribution is 2.22. The Morgan fingerprint density at radius 1 is 1.50 bits per heavy atom. The van der Waals surface area contributed by atoms with E-state index in [9.17, 15) is 0 Å². The van der Waals surface area contributed by atoms with Gasteiger partial charge in [0.05, 0.1) is 5.69 Å². The normalized spacial score (nSPS) is 16.4. The zero-order valence-corrected chi connectivity index (χ0v) is 12.4. The number of nitrogens with one attached hydrogen (secondary N) is 1. The van der Waals surface area contributed by atoms with Crippen molar-refractivity contribution < 1.29 is 0 Å². The third kappa shape index (κ3) is 3.59. The third-order valence-electron chi connectivity index (χ3n) is 3.59. The fraction of sp³-hybridized carbons (Fsp3) is 0.615. The Labute approximate surface area is 117 Å². The Balaban J connectivity index is 1.77. The van der Waals surface area contributed by atoms with E-state index in [0.717, 1.165) is 29.4 Å². The van der Waals surface area contributed by atoms with Gasteiger partial charge >= 0.3 is 0 Å². The SMILES string of the molecule is CN(CCNc1ncc(Br)cc1N)C1CCCC1. The summed E-state index contributed by atoms with van der Waals surface area (Å²) in [5.74, 6) is 0.776. The highest BCUT2D eigenvalue weighted by molar-refractivity contribution is 9.10. The molecule has 0 spiro atoms. The number of anilines is 2. The van der Waals surface area contributed by atoms with Gasteiger partial charge in [-0.25, -0.2) is 4.98 Å². The largest absolute Gasteiger partial charge is 0.396 e. The predicted molar refractivity (Wildman–Crippen MR) is 79.7 cm³/mol. The molecule has 1 heterocycles. The van der Waals surface area contributed by atoms with Crippen molar-refractivity contribution in [3.8, 4) is 0 Å². The lowest BCUT2D eigenvalue weighted by Gasteiger charge is -2.24. The molecule has 18 heavy (non-hydrogen) atoms. The summed E-state index contributed by atoms with van der Waals surface area (Å²) in [6.45, 7) is 1.91. The average molecular weight is 313 g/mol. The van der Waals surface area contributed by atoms with Gasteiger partial charge in [-0.05, 0) is 41.9 Å². The number of likely N-dealkylation sites (N-methyl/N-ethyl adjacent to an activating group) is 1. The lowest BCUT2D eigenvalue weighted by Crippen LogP contribution is -2.33. The molecule has 1 fully saturated rings. The zero-order valence-electron chi connectivity index (χ0n) is 10.8. The van der Waals surface area contributed by atoms with Crippen LogP contribution in [0.1, 0.15) is 25.7 Å². The topological polar surface area (TPSA) is 54.2 Å². The average Bonchev–Trinajstić information content (AvgIpc) is 2.85. The van der Waals surface area contributed by atoms with E-state index in [0.29, 0.717) is 5.69 Å². The molecule has 0 aliphatic heterocycles. The molecule has 0 amide bonds. The smallest absolute Gasteiger partial charge is 0.149 e. The monoisotopic (exact) mass is 312 g/mol. The number of aromatic nitrogens is 1. The van der Waals surface area contributed by atoms with E-state index in [-0.39, 0.29) is 0 Å². The maximum atomic E-state index is 5.89. The van der Waals surface area contributed by atoms with Crippen molar-refractivity contribution in [2.75, 3.05) is 31.2 Å². The van der Waals surface area contributed by atoms with E-state index in [1.165, 1.54) is 25.7 Å². The fourth-order valence-electron chi connectivity index (χ4n) is 2.48. The summed E-state index contributed by atoms with van der Waals surface area (Å²) >= 11 is 3.35. The van der Waals surface area contributed by atoms with Gasteiger partial charge in [-0.2, -0.15) is 0 Å². The van der Waals surface area contributed by atoms with E-state index in [1.807, 2.05) is 6.07 Å². The Kier molecular flexibility index (Phi) is 4.83. The summed E-state index contributed by atoms with van der Waals surface area (Å²) in [5, 5.41) is 3.30. The number of nitrogens with two attached hydrogens (primary N) is 1. The summed E-state index contributed by atoms with van der Waals surface area (Å²) in [7, 11) is 2.20. The van der Waals surface area contributed by atoms with Gasteiger partial charge in [-0.15, -0.1) is 0 Å². The standard InChI is InChI=1S/C13H21BrN4/c1-18(11-4-2-3-5-11)7-6-16-13-12(15)8-10(14)9-17-13/h8-9,11H,2-7,15H2,1H3,(H,16,17). The van der Waals surface area contributed by atoms with Crippen molar-refractivity contribution in [3.05, 3.63) is 16.7 Å². The van der Waals surface area contributed by atoms with Gasteiger partial charge < -0.3 is 16.0 Å². The molecule has 4 nitrogen and oxygen atoms in total. The van der Waals surface area contributed by atoms with Gasteiger partial charge in [0.1, 0.15) is 5.82 Å². The van der Waals surface area contributed by atoms with Crippen LogP contribution >= 0.6 is 15.9 Å². The molecule has 1 aliphatic carbocycles. The quantitative estimate of drug-likeness (QED) is 0.877. The van der Waals surface area contributed by atoms with E-state index >= 15 is 0 Å². The van der Waals surface area contributed by atoms with E-state index in [1.54, 1.807) is 6.20 Å². The van der Waals surface area contributed by atoms with Crippen molar-refractivity contribution in [1.29, 1.82) is 0 Å². The molecule has 0 atom stereocenters. The van der Waals surface area contributed by atoms with Crippen LogP contribution in [0.4, 0.5) is 11.5 Å². The number of pyridine rings is 1. The van der Waals surface area contributed by atoms with Crippen molar-refractivity contribution >= 4 is 27.4 Å². The number of hydrogen-bond donors (Lipinski definition) is 2. The Bertz CT molecular complexity index is 391. The fourth-order valence-corrected chi connectivity index (χ4v) is 2.83. The van der Waals surface area contributed by atoms with Gasteiger partial charge in [0.2, 0.25) is 0 Å². The van der Waals surface area contributed by atoms with Gasteiger partial charge in [0.25, 0.3) is 0 Å². The summed E-state index contributed by atoms with van der Waals surface area (Å²) in [4.78, 5) is 6.71. The van der Waals surface area contributed by atoms with Crippen LogP contribution in [0.5, 0.6) is 0 Å². The minimum Gasteiger partial charge on any atom is -0.396 e. The molecule has 100 valence electrons. The Morgan fingerprint density at radius 2 is 2.22 bits per heavy atom. The minimum absolute atomic E-state index is 0.688. The van der Waals surface area contributed by atoms with Crippen LogP contribution in [0.2, 0.25) is 0 Å². The van der Waals surface area contributed by atoms with Crippen LogP contribution < -0.4 is 11.1 Å². The summed E-state index contributed by atoms with van der Waals surface area (Å²) < 4.78 is 0.911. The van der Waals surface area contributed by atoms with E-state index < -0.39 is 0 Å². The Hall–Kier alpha value is -0.810. The lowest BCUT2D eigenvalue weighted by molar-refractivity contribution is 0.254. The van der Waals surface area contributed by atoms with Crippen LogP contribution in [0.3, 0.4) is 0 Å². The van der Waals surface area contributed by atoms with Crippen LogP contribution in [0, 0.1) is 0 Å². The molecule has 0 aromatic carbocycles. The second-order valence-corrected chi connectivity index (χ2v) is 5.85. The van der Waals surface area contributed by atoms with Crippen molar-refractivity contribution in [2.45, 2.75) is 31.7 Å². The summed E-state index contributed by atoms with van der Waals surface area (Å²) in [6.07, 6.45) is 7.21. The first kappa shape index (κ1) is 13.6. The summed E-state index contributed by atoms with van der Waals surface area (Å²) in [5.41, 5.74) is 6.58. The van der Waals surface area contributed by atoms with Crippen molar-refractivity contribution in [2.24, 2.45) is 0 Å². The number of nitrogens with zero attached hydrogens (tertiary/aromatic N) is 2. The van der Waals surface area contributed by atoms with E-state index in [2.05, 4.69) is 38.2 Å². The lowest BCUT2D eigenvalue weighted by atomic mass is 10.2. The van der Waals surface area contributed by atoms with Crippen LogP contribution in [-0.2, 0) is 0 Å². The predicted octanol–water partition coefficient (Wildman–Crippen LogP) is 2.71. The number of nitrogen functional groups attached to an aromatic ring is 1. The van der Waals surface area contributed by atoms with Gasteiger partial charge in [0.15, 0.2) is 0 Å². The Morgan fingerprint density at radius 3 is 2.89 bits per heavy atom. The molecular formula is C13H21BrN4. The molecule has 1 aromatic heterocycles. The van der Waals surface area contributed by atoms with Crippen LogP contribution in [0.25, 0.3) is 0 Å². The second kappa shape index (κ2) is 6.38. The molecule has 1 aromatic rings. The van der Waals surface area contributed by atoms with Gasteiger partial charge in [0, 0.05) is 29.8 Å². The summed E-state index contributed by atoms with van der Waals surface area (Å²) in [6, 6.07) is 2.64. The highest BCUT2D eigenvalue weighted by Gasteiger charge is 2.18. The maximum absolute atomic E-state index is 5.89. The molecule has 0 unspecified atom stereocenters. The van der Waals surface area contributed by atoms with Gasteiger partial charge in [-0.1, -0.05) is 12.8 Å². The molecular weight excluding hydrogens is 292 g/mol. The molecule has 5 heteroatoms. The molecule has 1 saturated carbocycles. The molecule has 3 N–H and O–H groups in total. The van der Waals surface area contributed by atoms with E-state index in [4.69, 9.17) is 5.73 Å². The number of hydrogen-bond acceptors (Lipinski definition) is 4. The van der Waals surface area contributed by atoms with Crippen molar-refractivity contribution in [3.63, 3.8) is 0 Å². The molecule has 0 bridgehead atoms. The zero-order chi connectivity index (χ0) is 13.0. The van der Waals surface area contributed by atoms with Crippen LogP contribution in [0.15, 0.2) is 16.7 Å². The molecule has 0 saturated heterocycles. The first-order valence-corrected chi connectivity index (χ1v) is 7.31.